The van der Waals surface area contributed by atoms with Crippen molar-refractivity contribution >= 4 is 27.5 Å². The number of amides is 1. The molecule has 1 saturated heterocycles. The lowest BCUT2D eigenvalue weighted by atomic mass is 10.0. The van der Waals surface area contributed by atoms with Crippen LogP contribution < -0.4 is 8.61 Å². The predicted molar refractivity (Wildman–Crippen MR) is 114 cm³/mol. The molecular weight excluding hydrogens is 406 g/mol. The fourth-order valence-corrected chi connectivity index (χ4v) is 5.62. The Labute approximate surface area is 177 Å². The Bertz CT molecular complexity index is 1020. The maximum absolute atomic E-state index is 12.9. The van der Waals surface area contributed by atoms with Crippen molar-refractivity contribution in [1.29, 1.82) is 0 Å². The van der Waals surface area contributed by atoms with Crippen LogP contribution in [0.15, 0.2) is 40.8 Å². The number of fused-ring (bicyclic) bond motifs is 1. The second-order valence-corrected chi connectivity index (χ2v) is 9.75. The second kappa shape index (κ2) is 7.96. The largest absolute Gasteiger partial charge is 0.453 e. The number of carbonyl (C=O) groups excluding carboxylic acids is 1. The molecule has 1 amide bonds. The summed E-state index contributed by atoms with van der Waals surface area (Å²) in [4.78, 5) is 14.5. The number of anilines is 2. The number of carbonyl (C=O) groups is 1. The molecule has 162 valence electrons. The number of likely N-dealkylation sites (tertiary alicyclic amines) is 1. The lowest BCUT2D eigenvalue weighted by Gasteiger charge is -2.36. The molecule has 2 aliphatic heterocycles. The first-order valence-electron chi connectivity index (χ1n) is 10.2. The van der Waals surface area contributed by atoms with Gasteiger partial charge in [0.15, 0.2) is 5.76 Å². The van der Waals surface area contributed by atoms with Gasteiger partial charge >= 0.3 is 10.2 Å². The van der Waals surface area contributed by atoms with E-state index in [0.717, 1.165) is 0 Å². The van der Waals surface area contributed by atoms with E-state index < -0.39 is 10.2 Å². The second-order valence-electron chi connectivity index (χ2n) is 7.91. The van der Waals surface area contributed by atoms with Gasteiger partial charge in [0.25, 0.3) is 5.91 Å². The van der Waals surface area contributed by atoms with Crippen molar-refractivity contribution < 1.29 is 22.4 Å². The van der Waals surface area contributed by atoms with Gasteiger partial charge in [0, 0.05) is 20.1 Å². The molecular formula is C21H27N3O5S. The molecule has 30 heavy (non-hydrogen) atoms. The molecule has 0 radical (unpaired) electrons. The summed E-state index contributed by atoms with van der Waals surface area (Å²) in [5.74, 6) is 0.727. The van der Waals surface area contributed by atoms with Crippen LogP contribution in [0.1, 0.15) is 43.0 Å². The first-order chi connectivity index (χ1) is 14.3. The predicted octanol–water partition coefficient (Wildman–Crippen LogP) is 3.01. The van der Waals surface area contributed by atoms with Gasteiger partial charge in [-0.15, -0.1) is 0 Å². The highest BCUT2D eigenvalue weighted by Crippen LogP contribution is 2.42. The summed E-state index contributed by atoms with van der Waals surface area (Å²) in [7, 11) is -2.02. The lowest BCUT2D eigenvalue weighted by molar-refractivity contribution is 0.0517. The topological polar surface area (TPSA) is 83.3 Å². The molecule has 1 aromatic heterocycles. The smallest absolute Gasteiger partial charge is 0.326 e. The van der Waals surface area contributed by atoms with Gasteiger partial charge in [-0.2, -0.15) is 8.42 Å². The molecule has 3 heterocycles. The van der Waals surface area contributed by atoms with Gasteiger partial charge in [-0.05, 0) is 51.0 Å². The van der Waals surface area contributed by atoms with E-state index >= 15 is 0 Å². The van der Waals surface area contributed by atoms with E-state index in [0.29, 0.717) is 49.7 Å². The molecule has 1 fully saturated rings. The first-order valence-corrected chi connectivity index (χ1v) is 11.6. The van der Waals surface area contributed by atoms with Crippen LogP contribution in [0.4, 0.5) is 11.4 Å². The van der Waals surface area contributed by atoms with Gasteiger partial charge in [0.05, 0.1) is 23.5 Å². The number of hydrogen-bond acceptors (Lipinski definition) is 5. The van der Waals surface area contributed by atoms with Crippen LogP contribution in [0, 0.1) is 0 Å². The Morgan fingerprint density at radius 2 is 1.80 bits per heavy atom. The third kappa shape index (κ3) is 3.67. The summed E-state index contributed by atoms with van der Waals surface area (Å²) in [5, 5.41) is 0. The zero-order chi connectivity index (χ0) is 21.5. The van der Waals surface area contributed by atoms with Crippen LogP contribution in [-0.4, -0.2) is 51.5 Å². The van der Waals surface area contributed by atoms with Crippen molar-refractivity contribution in [3.05, 3.63) is 47.9 Å². The summed E-state index contributed by atoms with van der Waals surface area (Å²) in [6.07, 6.45) is 1.22. The number of piperidine rings is 1. The lowest BCUT2D eigenvalue weighted by Crippen LogP contribution is -2.49. The fraction of sp³-hybridized carbons (Fsp3) is 0.476. The molecule has 1 aromatic carbocycles. The number of rotatable bonds is 5. The van der Waals surface area contributed by atoms with Gasteiger partial charge in [0.1, 0.15) is 12.4 Å². The number of para-hydroxylation sites is 2. The minimum Gasteiger partial charge on any atom is -0.453 e. The summed E-state index contributed by atoms with van der Waals surface area (Å²) in [5.41, 5.74) is 1.38. The maximum Gasteiger partial charge on any atom is 0.326 e. The van der Waals surface area contributed by atoms with Crippen LogP contribution in [0.3, 0.4) is 0 Å². The van der Waals surface area contributed by atoms with Gasteiger partial charge < -0.3 is 14.1 Å². The fourth-order valence-electron chi connectivity index (χ4n) is 3.96. The molecule has 2 aliphatic rings. The molecule has 0 aliphatic carbocycles. The van der Waals surface area contributed by atoms with Crippen LogP contribution in [0.2, 0.25) is 0 Å². The third-order valence-corrected chi connectivity index (χ3v) is 7.45. The highest BCUT2D eigenvalue weighted by molar-refractivity contribution is 7.94. The van der Waals surface area contributed by atoms with Gasteiger partial charge in [-0.3, -0.25) is 9.10 Å². The van der Waals surface area contributed by atoms with E-state index in [1.54, 1.807) is 24.1 Å². The Morgan fingerprint density at radius 3 is 2.47 bits per heavy atom. The van der Waals surface area contributed by atoms with E-state index in [1.807, 2.05) is 38.1 Å². The average molecular weight is 434 g/mol. The molecule has 8 nitrogen and oxygen atoms in total. The number of furan rings is 1. The van der Waals surface area contributed by atoms with Crippen LogP contribution in [-0.2, 0) is 21.6 Å². The van der Waals surface area contributed by atoms with Crippen molar-refractivity contribution in [3.63, 3.8) is 0 Å². The van der Waals surface area contributed by atoms with Crippen LogP contribution in [0.25, 0.3) is 0 Å². The molecule has 0 saturated carbocycles. The van der Waals surface area contributed by atoms with E-state index in [-0.39, 0.29) is 23.8 Å². The summed E-state index contributed by atoms with van der Waals surface area (Å²) < 4.78 is 39.9. The minimum absolute atomic E-state index is 0.0827. The first kappa shape index (κ1) is 20.7. The van der Waals surface area contributed by atoms with Crippen molar-refractivity contribution in [1.82, 2.24) is 4.90 Å². The maximum atomic E-state index is 12.9. The Kier molecular flexibility index (Phi) is 5.50. The van der Waals surface area contributed by atoms with Crippen LogP contribution >= 0.6 is 0 Å². The van der Waals surface area contributed by atoms with E-state index in [2.05, 4.69) is 0 Å². The van der Waals surface area contributed by atoms with E-state index in [4.69, 9.17) is 9.15 Å². The zero-order valence-electron chi connectivity index (χ0n) is 17.4. The summed E-state index contributed by atoms with van der Waals surface area (Å²) >= 11 is 0. The molecule has 9 heteroatoms. The summed E-state index contributed by atoms with van der Waals surface area (Å²) in [6, 6.07) is 10.6. The standard InChI is InChI=1S/C21H27N3O5S/c1-15(2)28-14-17-8-9-20(29-17)21(25)23-12-10-16(11-13-23)24-19-7-5-4-6-18(19)22(3)30(24,26)27/h4-9,15-16H,10-14H2,1-3H3. The molecule has 2 aromatic rings. The van der Waals surface area contributed by atoms with Crippen molar-refractivity contribution in [2.75, 3.05) is 28.7 Å². The third-order valence-electron chi connectivity index (χ3n) is 5.57. The molecule has 0 unspecified atom stereocenters. The molecule has 0 atom stereocenters. The number of ether oxygens (including phenoxy) is 1. The van der Waals surface area contributed by atoms with Gasteiger partial charge in [-0.25, -0.2) is 4.31 Å². The highest BCUT2D eigenvalue weighted by atomic mass is 32.2. The zero-order valence-corrected chi connectivity index (χ0v) is 18.3. The number of hydrogen-bond donors (Lipinski definition) is 0. The number of nitrogens with zero attached hydrogens (tertiary/aromatic N) is 3. The normalized spacial score (nSPS) is 18.9. The van der Waals surface area contributed by atoms with E-state index in [1.165, 1.54) is 8.61 Å². The highest BCUT2D eigenvalue weighted by Gasteiger charge is 2.43. The Balaban J connectivity index is 1.42. The van der Waals surface area contributed by atoms with Crippen molar-refractivity contribution in [2.24, 2.45) is 0 Å². The van der Waals surface area contributed by atoms with Gasteiger partial charge in [0.2, 0.25) is 0 Å². The van der Waals surface area contributed by atoms with Crippen molar-refractivity contribution in [2.45, 2.75) is 45.4 Å². The average Bonchev–Trinajstić information content (AvgIpc) is 3.28. The Morgan fingerprint density at radius 1 is 1.13 bits per heavy atom. The molecule has 0 bridgehead atoms. The quantitative estimate of drug-likeness (QED) is 0.724. The van der Waals surface area contributed by atoms with Crippen molar-refractivity contribution in [3.8, 4) is 0 Å². The van der Waals surface area contributed by atoms with Crippen LogP contribution in [0.5, 0.6) is 0 Å². The van der Waals surface area contributed by atoms with Gasteiger partial charge in [-0.1, -0.05) is 12.1 Å². The SMILES string of the molecule is CC(C)OCc1ccc(C(=O)N2CCC(N3c4ccccc4N(C)S3(=O)=O)CC2)o1. The number of benzene rings is 1. The Hall–Kier alpha value is -2.52. The minimum atomic E-state index is -3.59. The monoisotopic (exact) mass is 433 g/mol. The molecule has 4 rings (SSSR count). The molecule has 0 spiro atoms. The van der Waals surface area contributed by atoms with E-state index in [9.17, 15) is 13.2 Å². The molecule has 0 N–H and O–H groups in total. The summed E-state index contributed by atoms with van der Waals surface area (Å²) in [6.45, 7) is 5.15.